The van der Waals surface area contributed by atoms with Gasteiger partial charge in [-0.15, -0.1) is 23.2 Å². The van der Waals surface area contributed by atoms with Crippen LogP contribution in [-0.4, -0.2) is 22.9 Å². The molecule has 3 amide bonds. The van der Waals surface area contributed by atoms with Gasteiger partial charge in [-0.1, -0.05) is 35.3 Å². The van der Waals surface area contributed by atoms with E-state index in [1.165, 1.54) is 12.1 Å². The smallest absolute Gasteiger partial charge is 0.326 e. The molecular formula is C18H14Cl4N2O3. The van der Waals surface area contributed by atoms with Crippen LogP contribution >= 0.6 is 46.4 Å². The van der Waals surface area contributed by atoms with E-state index in [0.29, 0.717) is 29.5 Å². The molecule has 1 aliphatic carbocycles. The van der Waals surface area contributed by atoms with Gasteiger partial charge in [-0.3, -0.25) is 10.1 Å². The molecule has 0 aromatic heterocycles. The van der Waals surface area contributed by atoms with Gasteiger partial charge in [0.25, 0.3) is 5.91 Å². The van der Waals surface area contributed by atoms with Crippen molar-refractivity contribution in [1.82, 2.24) is 5.32 Å². The van der Waals surface area contributed by atoms with Crippen molar-refractivity contribution < 1.29 is 14.3 Å². The van der Waals surface area contributed by atoms with Gasteiger partial charge in [0.1, 0.15) is 10.1 Å². The first-order chi connectivity index (χ1) is 12.8. The number of ether oxygens (including phenoxy) is 1. The Morgan fingerprint density at radius 3 is 2.44 bits per heavy atom. The highest BCUT2D eigenvalue weighted by molar-refractivity contribution is 6.50. The molecule has 1 unspecified atom stereocenters. The van der Waals surface area contributed by atoms with Gasteiger partial charge in [0.15, 0.2) is 0 Å². The molecule has 27 heavy (non-hydrogen) atoms. The van der Waals surface area contributed by atoms with E-state index in [-0.39, 0.29) is 16.5 Å². The van der Waals surface area contributed by atoms with Gasteiger partial charge in [-0.05, 0) is 36.8 Å². The van der Waals surface area contributed by atoms with Crippen LogP contribution in [-0.2, 0) is 0 Å². The van der Waals surface area contributed by atoms with Crippen LogP contribution < -0.4 is 15.4 Å². The van der Waals surface area contributed by atoms with Crippen LogP contribution in [0.15, 0.2) is 42.5 Å². The number of benzene rings is 2. The Morgan fingerprint density at radius 1 is 1.11 bits per heavy atom. The predicted molar refractivity (Wildman–Crippen MR) is 107 cm³/mol. The van der Waals surface area contributed by atoms with Gasteiger partial charge < -0.3 is 10.1 Å². The average Bonchev–Trinajstić information content (AvgIpc) is 3.21. The molecule has 2 aromatic carbocycles. The largest absolute Gasteiger partial charge is 0.492 e. The number of alkyl halides is 2. The van der Waals surface area contributed by atoms with E-state index in [1.807, 2.05) is 0 Å². The van der Waals surface area contributed by atoms with Crippen LogP contribution in [0.25, 0.3) is 0 Å². The van der Waals surface area contributed by atoms with E-state index in [4.69, 9.17) is 51.1 Å². The van der Waals surface area contributed by atoms with Crippen LogP contribution in [0.2, 0.25) is 10.0 Å². The van der Waals surface area contributed by atoms with Crippen LogP contribution in [0.5, 0.6) is 5.75 Å². The molecule has 2 aromatic rings. The minimum atomic E-state index is -0.722. The standard InChI is InChI=1S/C18H14Cl4N2O3/c19-13-4-2-1-3-12(13)16(25)24-17(26)23-11-5-6-15(14(20)7-11)27-9-10-8-18(10,21)22/h1-7,10H,8-9H2,(H2,23,24,25,26). The van der Waals surface area contributed by atoms with Gasteiger partial charge in [0, 0.05) is 11.6 Å². The molecule has 5 nitrogen and oxygen atoms in total. The second-order valence-electron chi connectivity index (χ2n) is 6.01. The predicted octanol–water partition coefficient (Wildman–Crippen LogP) is 5.53. The lowest BCUT2D eigenvalue weighted by Crippen LogP contribution is -2.34. The molecule has 0 spiro atoms. The minimum absolute atomic E-state index is 0.0660. The zero-order valence-corrected chi connectivity index (χ0v) is 16.8. The number of amides is 3. The van der Waals surface area contributed by atoms with Crippen LogP contribution in [0, 0.1) is 5.92 Å². The Balaban J connectivity index is 1.55. The Bertz CT molecular complexity index is 889. The molecular weight excluding hydrogens is 434 g/mol. The lowest BCUT2D eigenvalue weighted by atomic mass is 10.2. The summed E-state index contributed by atoms with van der Waals surface area (Å²) in [4.78, 5) is 24.1. The molecule has 1 fully saturated rings. The number of rotatable bonds is 5. The van der Waals surface area contributed by atoms with Gasteiger partial charge in [0.05, 0.1) is 22.2 Å². The van der Waals surface area contributed by atoms with Crippen molar-refractivity contribution in [2.75, 3.05) is 11.9 Å². The van der Waals surface area contributed by atoms with Crippen molar-refractivity contribution in [3.05, 3.63) is 58.1 Å². The van der Waals surface area contributed by atoms with E-state index < -0.39 is 16.3 Å². The van der Waals surface area contributed by atoms with Gasteiger partial charge >= 0.3 is 6.03 Å². The summed E-state index contributed by atoms with van der Waals surface area (Å²) in [5.41, 5.74) is 0.595. The highest BCUT2D eigenvalue weighted by Crippen LogP contribution is 2.53. The normalized spacial score (nSPS) is 17.1. The summed E-state index contributed by atoms with van der Waals surface area (Å²) < 4.78 is 4.87. The van der Waals surface area contributed by atoms with Crippen molar-refractivity contribution in [1.29, 1.82) is 0 Å². The summed E-state index contributed by atoms with van der Waals surface area (Å²) >= 11 is 24.0. The number of hydrogen-bond acceptors (Lipinski definition) is 3. The Morgan fingerprint density at radius 2 is 1.81 bits per heavy atom. The fraction of sp³-hybridized carbons (Fsp3) is 0.222. The number of carbonyl (C=O) groups is 2. The third-order valence-corrected chi connectivity index (χ3v) is 5.48. The summed E-state index contributed by atoms with van der Waals surface area (Å²) in [6, 6.07) is 10.4. The minimum Gasteiger partial charge on any atom is -0.492 e. The molecule has 0 aliphatic heterocycles. The maximum Gasteiger partial charge on any atom is 0.326 e. The third-order valence-electron chi connectivity index (χ3n) is 3.93. The molecule has 9 heteroatoms. The highest BCUT2D eigenvalue weighted by atomic mass is 35.5. The number of carbonyl (C=O) groups excluding carboxylic acids is 2. The number of urea groups is 1. The topological polar surface area (TPSA) is 67.4 Å². The van der Waals surface area contributed by atoms with Crippen molar-refractivity contribution >= 4 is 64.0 Å². The molecule has 0 saturated heterocycles. The van der Waals surface area contributed by atoms with E-state index in [0.717, 1.165) is 0 Å². The number of hydrogen-bond donors (Lipinski definition) is 2. The van der Waals surface area contributed by atoms with E-state index in [9.17, 15) is 9.59 Å². The zero-order chi connectivity index (χ0) is 19.6. The van der Waals surface area contributed by atoms with Crippen LogP contribution in [0.3, 0.4) is 0 Å². The molecule has 2 N–H and O–H groups in total. The van der Waals surface area contributed by atoms with E-state index in [2.05, 4.69) is 10.6 Å². The second kappa shape index (κ2) is 8.15. The summed E-state index contributed by atoms with van der Waals surface area (Å²) in [5.74, 6) is -0.0960. The molecule has 3 rings (SSSR count). The van der Waals surface area contributed by atoms with Crippen molar-refractivity contribution in [3.63, 3.8) is 0 Å². The third kappa shape index (κ3) is 5.20. The second-order valence-corrected chi connectivity index (χ2v) is 8.36. The average molecular weight is 448 g/mol. The van der Waals surface area contributed by atoms with Crippen molar-refractivity contribution in [3.8, 4) is 5.75 Å². The number of nitrogens with one attached hydrogen (secondary N) is 2. The molecule has 0 bridgehead atoms. The summed E-state index contributed by atoms with van der Waals surface area (Å²) in [6.07, 6.45) is 0.674. The summed E-state index contributed by atoms with van der Waals surface area (Å²) in [7, 11) is 0. The van der Waals surface area contributed by atoms with Crippen molar-refractivity contribution in [2.45, 2.75) is 10.8 Å². The van der Waals surface area contributed by atoms with Gasteiger partial charge in [-0.2, -0.15) is 0 Å². The quantitative estimate of drug-likeness (QED) is 0.592. The number of halogens is 4. The molecule has 1 atom stereocenters. The van der Waals surface area contributed by atoms with Crippen molar-refractivity contribution in [2.24, 2.45) is 5.92 Å². The van der Waals surface area contributed by atoms with Gasteiger partial charge in [-0.25, -0.2) is 4.79 Å². The van der Waals surface area contributed by atoms with E-state index >= 15 is 0 Å². The highest BCUT2D eigenvalue weighted by Gasteiger charge is 2.52. The first-order valence-corrected chi connectivity index (χ1v) is 9.44. The molecule has 0 radical (unpaired) electrons. The monoisotopic (exact) mass is 446 g/mol. The fourth-order valence-electron chi connectivity index (χ4n) is 2.31. The van der Waals surface area contributed by atoms with E-state index in [1.54, 1.807) is 30.3 Å². The molecule has 0 heterocycles. The Kier molecular flexibility index (Phi) is 6.06. The Labute approximate surface area is 175 Å². The van der Waals surface area contributed by atoms with Crippen LogP contribution in [0.1, 0.15) is 16.8 Å². The lowest BCUT2D eigenvalue weighted by molar-refractivity contribution is 0.0967. The SMILES string of the molecule is O=C(NC(=O)c1ccccc1Cl)Nc1ccc(OCC2CC2(Cl)Cl)c(Cl)c1. The first kappa shape index (κ1) is 20.1. The first-order valence-electron chi connectivity index (χ1n) is 7.93. The Hall–Kier alpha value is -1.66. The fourth-order valence-corrected chi connectivity index (χ4v) is 3.27. The summed E-state index contributed by atoms with van der Waals surface area (Å²) in [5, 5.41) is 5.28. The maximum absolute atomic E-state index is 12.1. The number of imide groups is 1. The molecule has 1 aliphatic rings. The molecule has 1 saturated carbocycles. The lowest BCUT2D eigenvalue weighted by Gasteiger charge is -2.11. The molecule has 142 valence electrons. The zero-order valence-electron chi connectivity index (χ0n) is 13.8. The summed E-state index contributed by atoms with van der Waals surface area (Å²) in [6.45, 7) is 0.353. The number of anilines is 1. The van der Waals surface area contributed by atoms with Gasteiger partial charge in [0.2, 0.25) is 0 Å². The maximum atomic E-state index is 12.1. The van der Waals surface area contributed by atoms with Crippen LogP contribution in [0.4, 0.5) is 10.5 Å².